The molecule has 0 aliphatic carbocycles. The SMILES string of the molecule is Cc1cc(CCCn2ccc3c(Cl)ncnc32)cnc1Cl. The summed E-state index contributed by atoms with van der Waals surface area (Å²) in [6.07, 6.45) is 7.27. The van der Waals surface area contributed by atoms with E-state index in [-0.39, 0.29) is 0 Å². The summed E-state index contributed by atoms with van der Waals surface area (Å²) in [5.41, 5.74) is 3.08. The van der Waals surface area contributed by atoms with Gasteiger partial charge in [-0.15, -0.1) is 0 Å². The summed E-state index contributed by atoms with van der Waals surface area (Å²) in [5, 5.41) is 1.96. The van der Waals surface area contributed by atoms with Crippen molar-refractivity contribution < 1.29 is 0 Å². The van der Waals surface area contributed by atoms with Gasteiger partial charge in [-0.2, -0.15) is 0 Å². The van der Waals surface area contributed by atoms with Crippen molar-refractivity contribution in [3.8, 4) is 0 Å². The van der Waals surface area contributed by atoms with E-state index in [4.69, 9.17) is 23.2 Å². The average molecular weight is 321 g/mol. The highest BCUT2D eigenvalue weighted by Gasteiger charge is 2.06. The first kappa shape index (κ1) is 14.3. The second-order valence-corrected chi connectivity index (χ2v) is 5.68. The summed E-state index contributed by atoms with van der Waals surface area (Å²) in [6, 6.07) is 4.04. The number of hydrogen-bond donors (Lipinski definition) is 0. The minimum absolute atomic E-state index is 0.497. The molecule has 6 heteroatoms. The van der Waals surface area contributed by atoms with E-state index in [1.54, 1.807) is 0 Å². The quantitative estimate of drug-likeness (QED) is 0.537. The van der Waals surface area contributed by atoms with E-state index in [1.165, 1.54) is 11.9 Å². The van der Waals surface area contributed by atoms with Crippen LogP contribution in [0, 0.1) is 6.92 Å². The second-order valence-electron chi connectivity index (χ2n) is 4.97. The maximum atomic E-state index is 6.05. The first-order valence-corrected chi connectivity index (χ1v) is 7.47. The van der Waals surface area contributed by atoms with Gasteiger partial charge < -0.3 is 4.57 Å². The van der Waals surface area contributed by atoms with Crippen LogP contribution in [0.25, 0.3) is 11.0 Å². The van der Waals surface area contributed by atoms with Crippen molar-refractivity contribution in [2.45, 2.75) is 26.3 Å². The Morgan fingerprint density at radius 2 is 2.00 bits per heavy atom. The van der Waals surface area contributed by atoms with Gasteiger partial charge >= 0.3 is 0 Å². The molecule has 3 rings (SSSR count). The van der Waals surface area contributed by atoms with Crippen LogP contribution in [-0.4, -0.2) is 19.5 Å². The van der Waals surface area contributed by atoms with Gasteiger partial charge in [0.15, 0.2) is 0 Å². The molecule has 0 amide bonds. The zero-order chi connectivity index (χ0) is 14.8. The van der Waals surface area contributed by atoms with Crippen molar-refractivity contribution in [1.29, 1.82) is 0 Å². The fourth-order valence-corrected chi connectivity index (χ4v) is 2.65. The molecule has 108 valence electrons. The van der Waals surface area contributed by atoms with Gasteiger partial charge in [0.2, 0.25) is 0 Å². The molecule has 0 unspecified atom stereocenters. The van der Waals surface area contributed by atoms with Crippen LogP contribution < -0.4 is 0 Å². The predicted molar refractivity (Wildman–Crippen MR) is 84.8 cm³/mol. The topological polar surface area (TPSA) is 43.6 Å². The minimum Gasteiger partial charge on any atom is -0.332 e. The van der Waals surface area contributed by atoms with Gasteiger partial charge in [0.25, 0.3) is 0 Å². The third kappa shape index (κ3) is 3.01. The fraction of sp³-hybridized carbons (Fsp3) is 0.267. The molecule has 0 aliphatic heterocycles. The van der Waals surface area contributed by atoms with E-state index in [9.17, 15) is 0 Å². The first-order valence-electron chi connectivity index (χ1n) is 6.71. The third-order valence-electron chi connectivity index (χ3n) is 3.44. The number of aryl methyl sites for hydroxylation is 3. The number of rotatable bonds is 4. The normalized spacial score (nSPS) is 11.2. The van der Waals surface area contributed by atoms with Crippen LogP contribution >= 0.6 is 23.2 Å². The van der Waals surface area contributed by atoms with Gasteiger partial charge in [-0.05, 0) is 37.0 Å². The summed E-state index contributed by atoms with van der Waals surface area (Å²) >= 11 is 12.0. The van der Waals surface area contributed by atoms with Gasteiger partial charge in [0, 0.05) is 18.9 Å². The molecule has 0 aromatic carbocycles. The van der Waals surface area contributed by atoms with Crippen molar-refractivity contribution in [2.75, 3.05) is 0 Å². The van der Waals surface area contributed by atoms with Crippen molar-refractivity contribution in [1.82, 2.24) is 19.5 Å². The summed E-state index contributed by atoms with van der Waals surface area (Å²) in [4.78, 5) is 12.5. The van der Waals surface area contributed by atoms with Crippen molar-refractivity contribution in [3.63, 3.8) is 0 Å². The van der Waals surface area contributed by atoms with Crippen molar-refractivity contribution >= 4 is 34.2 Å². The Labute approximate surface area is 132 Å². The molecule has 0 saturated carbocycles. The maximum absolute atomic E-state index is 6.05. The van der Waals surface area contributed by atoms with Gasteiger partial charge in [-0.1, -0.05) is 29.3 Å². The van der Waals surface area contributed by atoms with Crippen LogP contribution in [0.4, 0.5) is 0 Å². The summed E-state index contributed by atoms with van der Waals surface area (Å²) in [5.74, 6) is 0. The lowest BCUT2D eigenvalue weighted by molar-refractivity contribution is 0.656. The Kier molecular flexibility index (Phi) is 4.08. The molecule has 21 heavy (non-hydrogen) atoms. The molecular weight excluding hydrogens is 307 g/mol. The molecule has 0 N–H and O–H groups in total. The first-order chi connectivity index (χ1) is 10.1. The van der Waals surface area contributed by atoms with E-state index in [2.05, 4.69) is 25.6 Å². The van der Waals surface area contributed by atoms with Crippen LogP contribution in [-0.2, 0) is 13.0 Å². The Hall–Kier alpha value is -1.65. The lowest BCUT2D eigenvalue weighted by atomic mass is 10.1. The largest absolute Gasteiger partial charge is 0.332 e. The lowest BCUT2D eigenvalue weighted by Gasteiger charge is -2.06. The number of hydrogen-bond acceptors (Lipinski definition) is 3. The Morgan fingerprint density at radius 3 is 2.81 bits per heavy atom. The standard InChI is InChI=1S/C15H14Cl2N4/c1-10-7-11(8-18-13(10)16)3-2-5-21-6-4-12-14(17)19-9-20-15(12)21/h4,6-9H,2-3,5H2,1H3. The maximum Gasteiger partial charge on any atom is 0.144 e. The molecule has 4 nitrogen and oxygen atoms in total. The molecule has 0 atom stereocenters. The minimum atomic E-state index is 0.497. The van der Waals surface area contributed by atoms with Crippen LogP contribution in [0.2, 0.25) is 10.3 Å². The number of fused-ring (bicyclic) bond motifs is 1. The van der Waals surface area contributed by atoms with Gasteiger partial charge in [0.1, 0.15) is 22.3 Å². The Morgan fingerprint density at radius 1 is 1.14 bits per heavy atom. The van der Waals surface area contributed by atoms with Gasteiger partial charge in [0.05, 0.1) is 5.39 Å². The molecule has 0 fully saturated rings. The molecule has 3 heterocycles. The van der Waals surface area contributed by atoms with E-state index >= 15 is 0 Å². The average Bonchev–Trinajstić information content (AvgIpc) is 2.88. The zero-order valence-corrected chi connectivity index (χ0v) is 13.1. The van der Waals surface area contributed by atoms with Crippen LogP contribution in [0.3, 0.4) is 0 Å². The molecule has 3 aromatic rings. The third-order valence-corrected chi connectivity index (χ3v) is 4.14. The molecule has 3 aromatic heterocycles. The number of pyridine rings is 1. The van der Waals surface area contributed by atoms with Crippen LogP contribution in [0.5, 0.6) is 0 Å². The zero-order valence-electron chi connectivity index (χ0n) is 11.6. The lowest BCUT2D eigenvalue weighted by Crippen LogP contribution is -2.00. The highest BCUT2D eigenvalue weighted by molar-refractivity contribution is 6.33. The van der Waals surface area contributed by atoms with Gasteiger partial charge in [-0.25, -0.2) is 15.0 Å². The van der Waals surface area contributed by atoms with Crippen LogP contribution in [0.1, 0.15) is 17.5 Å². The smallest absolute Gasteiger partial charge is 0.144 e. The number of aromatic nitrogens is 4. The molecule has 0 saturated heterocycles. The van der Waals surface area contributed by atoms with E-state index in [0.29, 0.717) is 10.3 Å². The van der Waals surface area contributed by atoms with Gasteiger partial charge in [-0.3, -0.25) is 0 Å². The summed E-state index contributed by atoms with van der Waals surface area (Å²) < 4.78 is 2.10. The van der Waals surface area contributed by atoms with Crippen LogP contribution in [0.15, 0.2) is 30.9 Å². The second kappa shape index (κ2) is 6.00. The molecular formula is C15H14Cl2N4. The van der Waals surface area contributed by atoms with E-state index < -0.39 is 0 Å². The molecule has 0 aliphatic rings. The molecule has 0 radical (unpaired) electrons. The summed E-state index contributed by atoms with van der Waals surface area (Å²) in [7, 11) is 0. The van der Waals surface area contributed by atoms with E-state index in [0.717, 1.165) is 36.0 Å². The Balaban J connectivity index is 1.69. The highest BCUT2D eigenvalue weighted by atomic mass is 35.5. The fourth-order valence-electron chi connectivity index (χ4n) is 2.36. The Bertz CT molecular complexity index is 782. The predicted octanol–water partition coefficient (Wildman–Crippen LogP) is 4.07. The molecule has 0 spiro atoms. The van der Waals surface area contributed by atoms with Crippen molar-refractivity contribution in [3.05, 3.63) is 52.3 Å². The summed E-state index contributed by atoms with van der Waals surface area (Å²) in [6.45, 7) is 2.84. The van der Waals surface area contributed by atoms with E-state index in [1.807, 2.05) is 25.4 Å². The monoisotopic (exact) mass is 320 g/mol. The van der Waals surface area contributed by atoms with Crippen molar-refractivity contribution in [2.24, 2.45) is 0 Å². The molecule has 0 bridgehead atoms. The highest BCUT2D eigenvalue weighted by Crippen LogP contribution is 2.20. The number of halogens is 2. The number of nitrogens with zero attached hydrogens (tertiary/aromatic N) is 4.